The number of carbonyl (C=O) groups is 1. The number of hydrogen-bond acceptors (Lipinski definition) is 4. The minimum Gasteiger partial charge on any atom is -0.493 e. The van der Waals surface area contributed by atoms with Crippen molar-refractivity contribution in [2.24, 2.45) is 0 Å². The zero-order valence-corrected chi connectivity index (χ0v) is 14.7. The number of nitrogens with one attached hydrogen (secondary N) is 1. The number of rotatable bonds is 9. The second-order valence-electron chi connectivity index (χ2n) is 6.17. The maximum atomic E-state index is 12.1. The molecular formula is C18H24F3NO4. The summed E-state index contributed by atoms with van der Waals surface area (Å²) in [7, 11) is 1.51. The molecular weight excluding hydrogens is 351 g/mol. The fourth-order valence-corrected chi connectivity index (χ4v) is 2.76. The molecule has 146 valence electrons. The number of alkyl halides is 3. The van der Waals surface area contributed by atoms with Gasteiger partial charge in [0, 0.05) is 18.7 Å². The minimum atomic E-state index is -4.33. The molecule has 5 nitrogen and oxygen atoms in total. The standard InChI is InChI=1S/C18H24F3NO4/c1-24-16-11-13(7-8-15(16)26-14-5-2-3-6-14)17(23)22-9-4-10-25-12-18(19,20)21/h7-8,11,14H,2-6,9-10,12H2,1H3,(H,22,23). The van der Waals surface area contributed by atoms with Gasteiger partial charge in [-0.3, -0.25) is 4.79 Å². The second kappa shape index (κ2) is 9.66. The zero-order chi connectivity index (χ0) is 19.0. The Morgan fingerprint density at radius 2 is 1.96 bits per heavy atom. The molecule has 0 heterocycles. The van der Waals surface area contributed by atoms with Crippen molar-refractivity contribution in [2.45, 2.75) is 44.4 Å². The highest BCUT2D eigenvalue weighted by atomic mass is 19.4. The van der Waals surface area contributed by atoms with Gasteiger partial charge in [-0.15, -0.1) is 0 Å². The lowest BCUT2D eigenvalue weighted by atomic mass is 10.2. The lowest BCUT2D eigenvalue weighted by molar-refractivity contribution is -0.173. The Morgan fingerprint density at radius 1 is 1.23 bits per heavy atom. The van der Waals surface area contributed by atoms with Gasteiger partial charge in [0.05, 0.1) is 13.2 Å². The van der Waals surface area contributed by atoms with E-state index in [1.165, 1.54) is 7.11 Å². The highest BCUT2D eigenvalue weighted by Gasteiger charge is 2.27. The van der Waals surface area contributed by atoms with Gasteiger partial charge in [-0.1, -0.05) is 0 Å². The summed E-state index contributed by atoms with van der Waals surface area (Å²) in [6.45, 7) is -1.13. The van der Waals surface area contributed by atoms with Gasteiger partial charge in [0.15, 0.2) is 11.5 Å². The number of amides is 1. The van der Waals surface area contributed by atoms with Crippen LogP contribution in [0, 0.1) is 0 Å². The maximum absolute atomic E-state index is 12.1. The molecule has 2 rings (SSSR count). The number of hydrogen-bond donors (Lipinski definition) is 1. The first kappa shape index (κ1) is 20.4. The molecule has 0 radical (unpaired) electrons. The number of methoxy groups -OCH3 is 1. The van der Waals surface area contributed by atoms with Crippen LogP contribution in [-0.4, -0.2) is 45.1 Å². The number of ether oxygens (including phenoxy) is 3. The summed E-state index contributed by atoms with van der Waals surface area (Å²) < 4.78 is 51.5. The van der Waals surface area contributed by atoms with E-state index in [-0.39, 0.29) is 25.2 Å². The summed E-state index contributed by atoms with van der Waals surface area (Å²) in [6, 6.07) is 4.95. The summed E-state index contributed by atoms with van der Waals surface area (Å²) in [4.78, 5) is 12.1. The van der Waals surface area contributed by atoms with E-state index in [0.717, 1.165) is 25.7 Å². The molecule has 1 N–H and O–H groups in total. The highest BCUT2D eigenvalue weighted by molar-refractivity contribution is 5.94. The van der Waals surface area contributed by atoms with Gasteiger partial charge in [0.2, 0.25) is 0 Å². The predicted octanol–water partition coefficient (Wildman–Crippen LogP) is 3.72. The van der Waals surface area contributed by atoms with Crippen LogP contribution in [-0.2, 0) is 4.74 Å². The number of carbonyl (C=O) groups excluding carboxylic acids is 1. The van der Waals surface area contributed by atoms with Crippen molar-refractivity contribution < 1.29 is 32.2 Å². The lowest BCUT2D eigenvalue weighted by Gasteiger charge is -2.16. The molecule has 0 bridgehead atoms. The van der Waals surface area contributed by atoms with Gasteiger partial charge in [0.25, 0.3) is 5.91 Å². The molecule has 26 heavy (non-hydrogen) atoms. The maximum Gasteiger partial charge on any atom is 0.411 e. The van der Waals surface area contributed by atoms with Crippen LogP contribution in [0.25, 0.3) is 0 Å². The van der Waals surface area contributed by atoms with Crippen molar-refractivity contribution in [1.82, 2.24) is 5.32 Å². The van der Waals surface area contributed by atoms with E-state index in [0.29, 0.717) is 23.5 Å². The van der Waals surface area contributed by atoms with Gasteiger partial charge in [0.1, 0.15) is 6.61 Å². The molecule has 1 saturated carbocycles. The van der Waals surface area contributed by atoms with Gasteiger partial charge < -0.3 is 19.5 Å². The first-order valence-corrected chi connectivity index (χ1v) is 8.66. The van der Waals surface area contributed by atoms with Crippen LogP contribution in [0.3, 0.4) is 0 Å². The van der Waals surface area contributed by atoms with Gasteiger partial charge in [-0.2, -0.15) is 13.2 Å². The van der Waals surface area contributed by atoms with Crippen molar-refractivity contribution in [3.63, 3.8) is 0 Å². The van der Waals surface area contributed by atoms with E-state index < -0.39 is 12.8 Å². The molecule has 0 aromatic heterocycles. The van der Waals surface area contributed by atoms with E-state index in [2.05, 4.69) is 10.1 Å². The number of halogens is 3. The summed E-state index contributed by atoms with van der Waals surface area (Å²) in [5.74, 6) is 0.765. The Kier molecular flexibility index (Phi) is 7.56. The monoisotopic (exact) mass is 375 g/mol. The molecule has 0 saturated heterocycles. The summed E-state index contributed by atoms with van der Waals surface area (Å²) in [5, 5.41) is 2.64. The normalized spacial score (nSPS) is 15.1. The Bertz CT molecular complexity index is 586. The van der Waals surface area contributed by atoms with Crippen molar-refractivity contribution in [3.8, 4) is 11.5 Å². The fraction of sp³-hybridized carbons (Fsp3) is 0.611. The Hall–Kier alpha value is -1.96. The molecule has 1 fully saturated rings. The minimum absolute atomic E-state index is 0.0721. The van der Waals surface area contributed by atoms with Crippen LogP contribution in [0.5, 0.6) is 11.5 Å². The fourth-order valence-electron chi connectivity index (χ4n) is 2.76. The van der Waals surface area contributed by atoms with Crippen LogP contribution in [0.1, 0.15) is 42.5 Å². The molecule has 1 aromatic carbocycles. The molecule has 0 spiro atoms. The van der Waals surface area contributed by atoms with E-state index in [1.807, 2.05) is 0 Å². The summed E-state index contributed by atoms with van der Waals surface area (Å²) in [6.07, 6.45) is 0.480. The molecule has 0 atom stereocenters. The smallest absolute Gasteiger partial charge is 0.411 e. The third kappa shape index (κ3) is 6.74. The first-order chi connectivity index (χ1) is 12.4. The predicted molar refractivity (Wildman–Crippen MR) is 89.7 cm³/mol. The van der Waals surface area contributed by atoms with Gasteiger partial charge >= 0.3 is 6.18 Å². The lowest BCUT2D eigenvalue weighted by Crippen LogP contribution is -2.26. The van der Waals surface area contributed by atoms with E-state index >= 15 is 0 Å². The quantitative estimate of drug-likeness (QED) is 0.669. The molecule has 1 aliphatic rings. The second-order valence-corrected chi connectivity index (χ2v) is 6.17. The van der Waals surface area contributed by atoms with Crippen molar-refractivity contribution in [3.05, 3.63) is 23.8 Å². The number of benzene rings is 1. The molecule has 1 aliphatic carbocycles. The highest BCUT2D eigenvalue weighted by Crippen LogP contribution is 2.32. The van der Waals surface area contributed by atoms with Crippen LogP contribution >= 0.6 is 0 Å². The Balaban J connectivity index is 1.79. The van der Waals surface area contributed by atoms with Gasteiger partial charge in [-0.05, 0) is 50.3 Å². The molecule has 1 amide bonds. The van der Waals surface area contributed by atoms with Gasteiger partial charge in [-0.25, -0.2) is 0 Å². The van der Waals surface area contributed by atoms with Crippen LogP contribution in [0.15, 0.2) is 18.2 Å². The van der Waals surface area contributed by atoms with Crippen molar-refractivity contribution in [2.75, 3.05) is 26.9 Å². The van der Waals surface area contributed by atoms with E-state index in [1.54, 1.807) is 18.2 Å². The topological polar surface area (TPSA) is 56.8 Å². The Labute approximate surface area is 150 Å². The molecule has 8 heteroatoms. The van der Waals surface area contributed by atoms with E-state index in [9.17, 15) is 18.0 Å². The average Bonchev–Trinajstić information content (AvgIpc) is 3.10. The Morgan fingerprint density at radius 3 is 2.62 bits per heavy atom. The summed E-state index contributed by atoms with van der Waals surface area (Å²) >= 11 is 0. The SMILES string of the molecule is COc1cc(C(=O)NCCCOCC(F)(F)F)ccc1OC1CCCC1. The van der Waals surface area contributed by atoms with Crippen LogP contribution in [0.4, 0.5) is 13.2 Å². The van der Waals surface area contributed by atoms with Crippen molar-refractivity contribution >= 4 is 5.91 Å². The average molecular weight is 375 g/mol. The molecule has 1 aromatic rings. The van der Waals surface area contributed by atoms with Crippen LogP contribution in [0.2, 0.25) is 0 Å². The summed E-state index contributed by atoms with van der Waals surface area (Å²) in [5.41, 5.74) is 0.400. The molecule has 0 aliphatic heterocycles. The molecule has 0 unspecified atom stereocenters. The first-order valence-electron chi connectivity index (χ1n) is 8.66. The largest absolute Gasteiger partial charge is 0.493 e. The third-order valence-electron chi connectivity index (χ3n) is 4.04. The third-order valence-corrected chi connectivity index (χ3v) is 4.04. The van der Waals surface area contributed by atoms with E-state index in [4.69, 9.17) is 9.47 Å². The zero-order valence-electron chi connectivity index (χ0n) is 14.7. The van der Waals surface area contributed by atoms with Crippen molar-refractivity contribution in [1.29, 1.82) is 0 Å². The van der Waals surface area contributed by atoms with Crippen LogP contribution < -0.4 is 14.8 Å².